The second-order valence-electron chi connectivity index (χ2n) is 13.6. The fraction of sp³-hybridized carbons (Fsp3) is 0. The van der Waals surface area contributed by atoms with E-state index >= 15 is 0 Å². The first-order valence-electron chi connectivity index (χ1n) is 17.7. The van der Waals surface area contributed by atoms with E-state index in [2.05, 4.69) is 144 Å². The summed E-state index contributed by atoms with van der Waals surface area (Å²) in [4.78, 5) is 2.28. The lowest BCUT2D eigenvalue weighted by Crippen LogP contribution is -2.09. The summed E-state index contributed by atoms with van der Waals surface area (Å²) in [5.41, 5.74) is 10.5. The van der Waals surface area contributed by atoms with Gasteiger partial charge in [-0.25, -0.2) is 0 Å². The van der Waals surface area contributed by atoms with Crippen molar-refractivity contribution in [1.29, 1.82) is 0 Å². The Hall–Kier alpha value is -6.82. The molecule has 0 saturated carbocycles. The van der Waals surface area contributed by atoms with Gasteiger partial charge in [-0.3, -0.25) is 0 Å². The van der Waals surface area contributed by atoms with Crippen molar-refractivity contribution in [1.82, 2.24) is 0 Å². The molecule has 0 atom stereocenters. The predicted octanol–water partition coefficient (Wildman–Crippen LogP) is 14.9. The molecule has 0 fully saturated rings. The zero-order valence-corrected chi connectivity index (χ0v) is 29.0. The molecule has 0 spiro atoms. The van der Waals surface area contributed by atoms with Gasteiger partial charge in [0.1, 0.15) is 33.5 Å². The third-order valence-electron chi connectivity index (χ3n) is 10.7. The van der Waals surface area contributed by atoms with Crippen LogP contribution in [0.25, 0.3) is 97.1 Å². The van der Waals surface area contributed by atoms with Crippen LogP contribution < -0.4 is 4.90 Å². The van der Waals surface area contributed by atoms with Crippen molar-refractivity contribution >= 4 is 114 Å². The monoisotopic (exact) mass is 697 g/mol. The van der Waals surface area contributed by atoms with E-state index in [9.17, 15) is 0 Å². The van der Waals surface area contributed by atoms with E-state index in [1.807, 2.05) is 35.6 Å². The normalized spacial score (nSPS) is 12.2. The maximum atomic E-state index is 6.51. The zero-order valence-electron chi connectivity index (χ0n) is 28.2. The van der Waals surface area contributed by atoms with Gasteiger partial charge in [0.25, 0.3) is 0 Å². The number of fused-ring (bicyclic) bond motifs is 13. The summed E-state index contributed by atoms with van der Waals surface area (Å²) >= 11 is 1.83. The van der Waals surface area contributed by atoms with Crippen LogP contribution in [0.15, 0.2) is 177 Å². The molecule has 5 heteroatoms. The molecule has 4 aromatic heterocycles. The highest BCUT2D eigenvalue weighted by Gasteiger charge is 2.20. The Morgan fingerprint density at radius 1 is 0.340 bits per heavy atom. The van der Waals surface area contributed by atoms with Crippen molar-refractivity contribution < 1.29 is 13.3 Å². The van der Waals surface area contributed by atoms with Crippen LogP contribution in [0.1, 0.15) is 0 Å². The predicted molar refractivity (Wildman–Crippen MR) is 221 cm³/mol. The van der Waals surface area contributed by atoms with Gasteiger partial charge < -0.3 is 18.2 Å². The number of thiophene rings is 1. The molecule has 12 rings (SSSR count). The molecular weight excluding hydrogens is 671 g/mol. The third-order valence-corrected chi connectivity index (χ3v) is 11.8. The Morgan fingerprint density at radius 2 is 0.887 bits per heavy atom. The Labute approximate surface area is 306 Å². The van der Waals surface area contributed by atoms with Crippen LogP contribution in [0.2, 0.25) is 0 Å². The van der Waals surface area contributed by atoms with E-state index in [1.54, 1.807) is 0 Å². The van der Waals surface area contributed by atoms with Crippen LogP contribution in [0.5, 0.6) is 0 Å². The molecule has 53 heavy (non-hydrogen) atoms. The summed E-state index contributed by atoms with van der Waals surface area (Å²) in [6, 6.07) is 57.6. The van der Waals surface area contributed by atoms with Crippen LogP contribution in [0.4, 0.5) is 17.1 Å². The first kappa shape index (κ1) is 28.8. The first-order valence-corrected chi connectivity index (χ1v) is 18.6. The summed E-state index contributed by atoms with van der Waals surface area (Å²) in [5.74, 6) is 0. The van der Waals surface area contributed by atoms with Gasteiger partial charge in [0.15, 0.2) is 0 Å². The lowest BCUT2D eigenvalue weighted by atomic mass is 9.97. The number of para-hydroxylation sites is 2. The fourth-order valence-corrected chi connectivity index (χ4v) is 9.42. The average molecular weight is 698 g/mol. The van der Waals surface area contributed by atoms with E-state index in [-0.39, 0.29) is 0 Å². The highest BCUT2D eigenvalue weighted by atomic mass is 32.1. The minimum Gasteiger partial charge on any atom is -0.456 e. The smallest absolute Gasteiger partial charge is 0.137 e. The standard InChI is InChI=1S/C48H27NO3S/c1-4-12-38-33(8-1)35-22-20-30(26-42(35)50-38)49(31-21-23-36-34-9-2-5-13-39(34)51-43(36)27-31)29-18-16-28(17-19-29)32-11-7-14-40-46(32)48-41(52-40)24-25-45-47(48)37-10-3-6-15-44(37)53-45/h1-27H. The number of furan rings is 3. The van der Waals surface area contributed by atoms with Crippen LogP contribution in [0.3, 0.4) is 0 Å². The van der Waals surface area contributed by atoms with E-state index in [4.69, 9.17) is 13.3 Å². The molecule has 248 valence electrons. The third kappa shape index (κ3) is 4.23. The number of hydrogen-bond acceptors (Lipinski definition) is 5. The molecule has 0 bridgehead atoms. The van der Waals surface area contributed by atoms with Gasteiger partial charge in [-0.05, 0) is 83.9 Å². The molecular formula is C48H27NO3S. The largest absolute Gasteiger partial charge is 0.456 e. The van der Waals surface area contributed by atoms with Gasteiger partial charge >= 0.3 is 0 Å². The lowest BCUT2D eigenvalue weighted by molar-refractivity contribution is 0.668. The summed E-state index contributed by atoms with van der Waals surface area (Å²) in [6.45, 7) is 0. The second-order valence-corrected chi connectivity index (χ2v) is 14.7. The maximum absolute atomic E-state index is 6.51. The van der Waals surface area contributed by atoms with E-state index < -0.39 is 0 Å². The molecule has 0 aliphatic rings. The van der Waals surface area contributed by atoms with Gasteiger partial charge in [0.2, 0.25) is 0 Å². The molecule has 0 aliphatic carbocycles. The second kappa shape index (κ2) is 10.8. The average Bonchev–Trinajstić information content (AvgIpc) is 3.97. The highest BCUT2D eigenvalue weighted by molar-refractivity contribution is 7.26. The summed E-state index contributed by atoms with van der Waals surface area (Å²) in [5, 5.41) is 9.27. The number of anilines is 3. The van der Waals surface area contributed by atoms with Crippen molar-refractivity contribution in [3.05, 3.63) is 164 Å². The lowest BCUT2D eigenvalue weighted by Gasteiger charge is -2.25. The van der Waals surface area contributed by atoms with Crippen molar-refractivity contribution in [2.45, 2.75) is 0 Å². The number of hydrogen-bond donors (Lipinski definition) is 0. The quantitative estimate of drug-likeness (QED) is 0.184. The van der Waals surface area contributed by atoms with Crippen molar-refractivity contribution in [3.63, 3.8) is 0 Å². The summed E-state index contributed by atoms with van der Waals surface area (Å²) in [6.07, 6.45) is 0. The number of rotatable bonds is 4. The van der Waals surface area contributed by atoms with Crippen LogP contribution in [-0.2, 0) is 0 Å². The topological polar surface area (TPSA) is 42.7 Å². The molecule has 0 aliphatic heterocycles. The molecule has 0 N–H and O–H groups in total. The molecule has 0 saturated heterocycles. The molecule has 0 radical (unpaired) electrons. The van der Waals surface area contributed by atoms with Gasteiger partial charge in [-0.1, -0.05) is 78.9 Å². The van der Waals surface area contributed by atoms with Gasteiger partial charge in [-0.2, -0.15) is 0 Å². The zero-order chi connectivity index (χ0) is 34.6. The van der Waals surface area contributed by atoms with Crippen molar-refractivity contribution in [2.24, 2.45) is 0 Å². The molecule has 0 unspecified atom stereocenters. The molecule has 0 amide bonds. The van der Waals surface area contributed by atoms with Gasteiger partial charge in [-0.15, -0.1) is 11.3 Å². The van der Waals surface area contributed by atoms with Crippen LogP contribution in [-0.4, -0.2) is 0 Å². The van der Waals surface area contributed by atoms with Crippen molar-refractivity contribution in [2.75, 3.05) is 4.90 Å². The SMILES string of the molecule is c1ccc2c(c1)oc1cc(N(c3ccc(-c4cccc5oc6ccc7sc8ccccc8c7c6c45)cc3)c3ccc4c(c3)oc3ccccc34)ccc12. The molecule has 4 nitrogen and oxygen atoms in total. The maximum Gasteiger partial charge on any atom is 0.137 e. The Kier molecular flexibility index (Phi) is 5.90. The Bertz CT molecular complexity index is 3300. The number of nitrogens with zero attached hydrogens (tertiary/aromatic N) is 1. The Morgan fingerprint density at radius 3 is 1.58 bits per heavy atom. The van der Waals surface area contributed by atoms with E-state index in [0.29, 0.717) is 0 Å². The number of benzene rings is 8. The van der Waals surface area contributed by atoms with Crippen LogP contribution in [0, 0.1) is 0 Å². The van der Waals surface area contributed by atoms with Gasteiger partial charge in [0, 0.05) is 81.7 Å². The molecule has 8 aromatic carbocycles. The molecule has 4 heterocycles. The highest BCUT2D eigenvalue weighted by Crippen LogP contribution is 2.46. The van der Waals surface area contributed by atoms with Crippen LogP contribution >= 0.6 is 11.3 Å². The Balaban J connectivity index is 1.04. The summed E-state index contributed by atoms with van der Waals surface area (Å²) < 4.78 is 21.8. The first-order chi connectivity index (χ1) is 26.2. The van der Waals surface area contributed by atoms with Gasteiger partial charge in [0.05, 0.1) is 0 Å². The van der Waals surface area contributed by atoms with Crippen molar-refractivity contribution in [3.8, 4) is 11.1 Å². The fourth-order valence-electron chi connectivity index (χ4n) is 8.31. The summed E-state index contributed by atoms with van der Waals surface area (Å²) in [7, 11) is 0. The minimum atomic E-state index is 0.848. The van der Waals surface area contributed by atoms with E-state index in [0.717, 1.165) is 88.6 Å². The minimum absolute atomic E-state index is 0.848. The van der Waals surface area contributed by atoms with E-state index in [1.165, 1.54) is 25.6 Å². The molecule has 12 aromatic rings.